The van der Waals surface area contributed by atoms with Crippen LogP contribution in [0.2, 0.25) is 0 Å². The van der Waals surface area contributed by atoms with E-state index in [1.807, 2.05) is 13.0 Å². The smallest absolute Gasteiger partial charge is 0.226 e. The first-order chi connectivity index (χ1) is 9.29. The first kappa shape index (κ1) is 16.8. The Balaban J connectivity index is 3.02. The molecule has 0 atom stereocenters. The fourth-order valence-electron chi connectivity index (χ4n) is 1.85. The topological polar surface area (TPSA) is 58.3 Å². The van der Waals surface area contributed by atoms with E-state index in [4.69, 9.17) is 18.0 Å². The lowest BCUT2D eigenvalue weighted by Gasteiger charge is -2.26. The van der Waals surface area contributed by atoms with Crippen molar-refractivity contribution in [3.8, 4) is 0 Å². The highest BCUT2D eigenvalue weighted by molar-refractivity contribution is 7.80. The van der Waals surface area contributed by atoms with Gasteiger partial charge in [0.05, 0.1) is 0 Å². The Kier molecular flexibility index (Phi) is 6.29. The van der Waals surface area contributed by atoms with Crippen molar-refractivity contribution in [1.29, 1.82) is 0 Å². The molecule has 0 saturated heterocycles. The Bertz CT molecular complexity index is 459. The summed E-state index contributed by atoms with van der Waals surface area (Å²) in [5, 5.41) is 0. The van der Waals surface area contributed by atoms with E-state index in [1.54, 1.807) is 0 Å². The first-order valence-electron chi connectivity index (χ1n) is 6.84. The van der Waals surface area contributed by atoms with Crippen LogP contribution in [-0.4, -0.2) is 53.6 Å². The molecule has 0 bridgehead atoms. The lowest BCUT2D eigenvalue weighted by Crippen LogP contribution is -2.36. The molecule has 0 aliphatic heterocycles. The summed E-state index contributed by atoms with van der Waals surface area (Å²) in [7, 11) is 4.12. The molecule has 0 aliphatic rings. The van der Waals surface area contributed by atoms with Crippen LogP contribution in [0.1, 0.15) is 25.2 Å². The van der Waals surface area contributed by atoms with Crippen LogP contribution in [0.4, 0.5) is 5.95 Å². The minimum Gasteiger partial charge on any atom is -0.388 e. The third-order valence-electron chi connectivity index (χ3n) is 2.78. The Hall–Kier alpha value is -1.27. The van der Waals surface area contributed by atoms with Gasteiger partial charge >= 0.3 is 0 Å². The maximum atomic E-state index is 5.69. The van der Waals surface area contributed by atoms with Crippen molar-refractivity contribution in [1.82, 2.24) is 14.9 Å². The van der Waals surface area contributed by atoms with Crippen LogP contribution in [0.3, 0.4) is 0 Å². The van der Waals surface area contributed by atoms with Crippen LogP contribution in [0.25, 0.3) is 0 Å². The van der Waals surface area contributed by atoms with Crippen molar-refractivity contribution >= 4 is 23.2 Å². The summed E-state index contributed by atoms with van der Waals surface area (Å²) in [4.78, 5) is 13.7. The summed E-state index contributed by atoms with van der Waals surface area (Å²) in [6, 6.07) is 1.82. The van der Waals surface area contributed by atoms with E-state index in [1.165, 1.54) is 0 Å². The van der Waals surface area contributed by atoms with Crippen LogP contribution in [0, 0.1) is 12.8 Å². The number of anilines is 1. The van der Waals surface area contributed by atoms with Gasteiger partial charge in [-0.15, -0.1) is 0 Å². The molecule has 0 aromatic carbocycles. The molecule has 1 heterocycles. The van der Waals surface area contributed by atoms with Crippen molar-refractivity contribution in [2.45, 2.75) is 20.8 Å². The molecule has 0 amide bonds. The summed E-state index contributed by atoms with van der Waals surface area (Å²) in [5.74, 6) is 1.25. The summed E-state index contributed by atoms with van der Waals surface area (Å²) >= 11 is 5.02. The molecular formula is C14H25N5S. The monoisotopic (exact) mass is 295 g/mol. The van der Waals surface area contributed by atoms with Crippen molar-refractivity contribution in [3.05, 3.63) is 17.5 Å². The second kappa shape index (κ2) is 7.50. The quantitative estimate of drug-likeness (QED) is 0.768. The zero-order chi connectivity index (χ0) is 15.3. The van der Waals surface area contributed by atoms with E-state index in [0.29, 0.717) is 22.5 Å². The molecule has 0 saturated carbocycles. The third kappa shape index (κ3) is 5.38. The number of hydrogen-bond acceptors (Lipinski definition) is 5. The molecular weight excluding hydrogens is 270 g/mol. The number of rotatable bonds is 7. The van der Waals surface area contributed by atoms with Crippen LogP contribution in [0.15, 0.2) is 6.07 Å². The van der Waals surface area contributed by atoms with Crippen molar-refractivity contribution < 1.29 is 0 Å². The molecule has 6 heteroatoms. The van der Waals surface area contributed by atoms with E-state index in [0.717, 1.165) is 25.3 Å². The number of aromatic nitrogens is 2. The highest BCUT2D eigenvalue weighted by Crippen LogP contribution is 2.12. The Morgan fingerprint density at radius 1 is 1.30 bits per heavy atom. The van der Waals surface area contributed by atoms with Gasteiger partial charge in [-0.25, -0.2) is 9.97 Å². The number of nitrogens with zero attached hydrogens (tertiary/aromatic N) is 4. The second-order valence-electron chi connectivity index (χ2n) is 5.70. The average molecular weight is 295 g/mol. The Morgan fingerprint density at radius 3 is 2.45 bits per heavy atom. The van der Waals surface area contributed by atoms with Gasteiger partial charge in [0, 0.05) is 25.3 Å². The van der Waals surface area contributed by atoms with Gasteiger partial charge in [-0.2, -0.15) is 0 Å². The van der Waals surface area contributed by atoms with Gasteiger partial charge in [-0.3, -0.25) is 0 Å². The fourth-order valence-corrected chi connectivity index (χ4v) is 1.96. The van der Waals surface area contributed by atoms with Crippen LogP contribution in [0.5, 0.6) is 0 Å². The highest BCUT2D eigenvalue weighted by atomic mass is 32.1. The van der Waals surface area contributed by atoms with Gasteiger partial charge in [0.1, 0.15) is 10.7 Å². The summed E-state index contributed by atoms with van der Waals surface area (Å²) in [5.41, 5.74) is 7.22. The zero-order valence-corrected chi connectivity index (χ0v) is 13.9. The standard InChI is InChI=1S/C14H25N5S/c1-10(2)9-19(7-6-18(4)5)14-16-11(3)8-12(17-14)13(15)20/h8,10H,6-7,9H2,1-5H3,(H2,15,20). The predicted molar refractivity (Wildman–Crippen MR) is 88.3 cm³/mol. The number of likely N-dealkylation sites (N-methyl/N-ethyl adjacent to an activating group) is 1. The van der Waals surface area contributed by atoms with E-state index >= 15 is 0 Å². The molecule has 2 N–H and O–H groups in total. The van der Waals surface area contributed by atoms with E-state index < -0.39 is 0 Å². The first-order valence-corrected chi connectivity index (χ1v) is 7.25. The molecule has 1 aromatic rings. The molecule has 112 valence electrons. The minimum atomic E-state index is 0.314. The lowest BCUT2D eigenvalue weighted by molar-refractivity contribution is 0.407. The van der Waals surface area contributed by atoms with Crippen molar-refractivity contribution in [3.63, 3.8) is 0 Å². The van der Waals surface area contributed by atoms with Gasteiger partial charge in [0.25, 0.3) is 0 Å². The Labute approximate surface area is 127 Å². The molecule has 0 aliphatic carbocycles. The zero-order valence-electron chi connectivity index (χ0n) is 13.1. The molecule has 0 spiro atoms. The van der Waals surface area contributed by atoms with Gasteiger partial charge in [-0.05, 0) is 33.0 Å². The number of hydrogen-bond donors (Lipinski definition) is 1. The summed E-state index contributed by atoms with van der Waals surface area (Å²) in [6.07, 6.45) is 0. The van der Waals surface area contributed by atoms with Crippen molar-refractivity contribution in [2.75, 3.05) is 38.6 Å². The SMILES string of the molecule is Cc1cc(C(N)=S)nc(N(CCN(C)C)CC(C)C)n1. The third-order valence-corrected chi connectivity index (χ3v) is 2.99. The summed E-state index contributed by atoms with van der Waals surface area (Å²) < 4.78 is 0. The van der Waals surface area contributed by atoms with E-state index in [9.17, 15) is 0 Å². The summed E-state index contributed by atoms with van der Waals surface area (Å²) in [6.45, 7) is 9.05. The number of nitrogens with two attached hydrogens (primary N) is 1. The number of aryl methyl sites for hydroxylation is 1. The van der Waals surface area contributed by atoms with Gasteiger partial charge in [0.2, 0.25) is 5.95 Å². The molecule has 0 unspecified atom stereocenters. The van der Waals surface area contributed by atoms with Crippen molar-refractivity contribution in [2.24, 2.45) is 11.7 Å². The molecule has 0 radical (unpaired) electrons. The lowest BCUT2D eigenvalue weighted by atomic mass is 10.2. The molecule has 5 nitrogen and oxygen atoms in total. The molecule has 20 heavy (non-hydrogen) atoms. The maximum absolute atomic E-state index is 5.69. The van der Waals surface area contributed by atoms with Crippen LogP contribution in [-0.2, 0) is 0 Å². The molecule has 1 rings (SSSR count). The normalized spacial score (nSPS) is 11.2. The number of thiocarbonyl (C=S) groups is 1. The predicted octanol–water partition coefficient (Wildman–Crippen LogP) is 1.44. The van der Waals surface area contributed by atoms with Gasteiger partial charge in [0.15, 0.2) is 0 Å². The average Bonchev–Trinajstić information content (AvgIpc) is 2.32. The van der Waals surface area contributed by atoms with Crippen LogP contribution < -0.4 is 10.6 Å². The van der Waals surface area contributed by atoms with Gasteiger partial charge < -0.3 is 15.5 Å². The molecule has 1 aromatic heterocycles. The minimum absolute atomic E-state index is 0.314. The maximum Gasteiger partial charge on any atom is 0.226 e. The Morgan fingerprint density at radius 2 is 1.95 bits per heavy atom. The van der Waals surface area contributed by atoms with E-state index in [2.05, 4.69) is 47.7 Å². The second-order valence-corrected chi connectivity index (χ2v) is 6.14. The highest BCUT2D eigenvalue weighted by Gasteiger charge is 2.14. The van der Waals surface area contributed by atoms with E-state index in [-0.39, 0.29) is 0 Å². The van der Waals surface area contributed by atoms with Gasteiger partial charge in [-0.1, -0.05) is 26.1 Å². The fraction of sp³-hybridized carbons (Fsp3) is 0.643. The molecule has 0 fully saturated rings. The largest absolute Gasteiger partial charge is 0.388 e. The van der Waals surface area contributed by atoms with Crippen LogP contribution >= 0.6 is 12.2 Å².